The van der Waals surface area contributed by atoms with Crippen LogP contribution in [0.25, 0.3) is 10.4 Å². The molecule has 1 aliphatic heterocycles. The van der Waals surface area contributed by atoms with Gasteiger partial charge in [-0.1, -0.05) is 74.8 Å². The predicted molar refractivity (Wildman–Crippen MR) is 189 cm³/mol. The Bertz CT molecular complexity index is 1480. The average molecular weight is 734 g/mol. The Labute approximate surface area is 287 Å². The van der Waals surface area contributed by atoms with Crippen LogP contribution >= 0.6 is 27.3 Å². The third kappa shape index (κ3) is 8.29. The molecule has 46 heavy (non-hydrogen) atoms. The van der Waals surface area contributed by atoms with Gasteiger partial charge in [0.1, 0.15) is 18.1 Å². The van der Waals surface area contributed by atoms with Gasteiger partial charge in [-0.05, 0) is 61.1 Å². The van der Waals surface area contributed by atoms with Crippen LogP contribution in [0.3, 0.4) is 0 Å². The molecular weight excluding hydrogens is 684 g/mol. The van der Waals surface area contributed by atoms with E-state index in [0.717, 1.165) is 21.7 Å². The number of hydrogen-bond donors (Lipinski definition) is 1. The molecule has 3 heterocycles. The van der Waals surface area contributed by atoms with Crippen molar-refractivity contribution < 1.29 is 23.3 Å². The molecule has 0 bridgehead atoms. The van der Waals surface area contributed by atoms with Crippen molar-refractivity contribution in [3.05, 3.63) is 52.9 Å². The lowest BCUT2D eigenvalue weighted by atomic mass is 9.91. The summed E-state index contributed by atoms with van der Waals surface area (Å²) >= 11 is 5.02. The van der Waals surface area contributed by atoms with Gasteiger partial charge in [-0.2, -0.15) is 0 Å². The highest BCUT2D eigenvalue weighted by Crippen LogP contribution is 2.40. The number of likely N-dealkylation sites (tertiary alicyclic amines) is 1. The number of nitrogens with zero attached hydrogens (tertiary/aromatic N) is 3. The SMILES string of the molecule is Cc1ncsc1-c1ccc([C@H](C)NC(=O)[C@@H]2C[C@@H](O[Si](C)(C)C(C)(C)C)CN2C(=O)[C@@H](c2cc(OC(C)CBr)no2)C(C)C)cc1. The smallest absolute Gasteiger partial charge is 0.254 e. The quantitative estimate of drug-likeness (QED) is 0.149. The molecular formula is C34H49BrN4O5SSi. The average Bonchev–Trinajstić information content (AvgIpc) is 3.72. The van der Waals surface area contributed by atoms with Gasteiger partial charge < -0.3 is 23.9 Å². The second kappa shape index (κ2) is 14.7. The number of thiazole rings is 1. The van der Waals surface area contributed by atoms with Gasteiger partial charge in [0.05, 0.1) is 28.2 Å². The molecule has 4 rings (SSSR count). The third-order valence-electron chi connectivity index (χ3n) is 9.18. The fourth-order valence-corrected chi connectivity index (χ4v) is 7.79. The molecule has 0 spiro atoms. The summed E-state index contributed by atoms with van der Waals surface area (Å²) in [4.78, 5) is 35.6. The van der Waals surface area contributed by atoms with Crippen LogP contribution in [0.4, 0.5) is 0 Å². The molecule has 2 amide bonds. The zero-order valence-electron chi connectivity index (χ0n) is 28.7. The summed E-state index contributed by atoms with van der Waals surface area (Å²) in [6.45, 7) is 21.2. The standard InChI is InChI=1S/C34H49BrN4O5SSi/c1-20(2)30(28-16-29(38-43-28)42-21(3)17-35)33(41)39-18-26(44-46(9,10)34(6,7)8)15-27(39)32(40)37-22(4)24-11-13-25(14-12-24)31-23(5)36-19-45-31/h11-14,16,19-22,26-27,30H,15,17-18H2,1-10H3,(H,37,40)/t21?,22-,26+,27-,30+/m0/s1. The molecule has 252 valence electrons. The molecule has 3 aromatic rings. The summed E-state index contributed by atoms with van der Waals surface area (Å²) in [5.74, 6) is -0.351. The number of carbonyl (C=O) groups excluding carboxylic acids is 2. The molecule has 12 heteroatoms. The van der Waals surface area contributed by atoms with Gasteiger partial charge in [0.25, 0.3) is 5.88 Å². The summed E-state index contributed by atoms with van der Waals surface area (Å²) in [6, 6.07) is 8.95. The van der Waals surface area contributed by atoms with Crippen LogP contribution in [-0.4, -0.2) is 65.3 Å². The molecule has 1 fully saturated rings. The molecule has 2 aromatic heterocycles. The van der Waals surface area contributed by atoms with E-state index in [1.807, 2.05) is 52.3 Å². The normalized spacial score (nSPS) is 19.3. The lowest BCUT2D eigenvalue weighted by Crippen LogP contribution is -2.48. The van der Waals surface area contributed by atoms with Gasteiger partial charge in [0.15, 0.2) is 14.1 Å². The van der Waals surface area contributed by atoms with Crippen LogP contribution in [0, 0.1) is 12.8 Å². The van der Waals surface area contributed by atoms with Gasteiger partial charge in [0, 0.05) is 24.4 Å². The van der Waals surface area contributed by atoms with Crippen LogP contribution in [0.5, 0.6) is 5.88 Å². The summed E-state index contributed by atoms with van der Waals surface area (Å²) < 4.78 is 18.2. The highest BCUT2D eigenvalue weighted by Gasteiger charge is 2.47. The van der Waals surface area contributed by atoms with Crippen molar-refractivity contribution in [1.82, 2.24) is 20.4 Å². The van der Waals surface area contributed by atoms with Crippen LogP contribution in [0.2, 0.25) is 18.1 Å². The molecule has 0 saturated carbocycles. The molecule has 1 aliphatic rings. The first kappa shape index (κ1) is 36.3. The molecule has 0 radical (unpaired) electrons. The number of amides is 2. The maximum absolute atomic E-state index is 14.4. The van der Waals surface area contributed by atoms with E-state index in [1.165, 1.54) is 0 Å². The van der Waals surface area contributed by atoms with Gasteiger partial charge in [-0.15, -0.1) is 11.3 Å². The number of benzene rings is 1. The number of halogens is 1. The van der Waals surface area contributed by atoms with E-state index in [-0.39, 0.29) is 41.0 Å². The molecule has 1 saturated heterocycles. The maximum atomic E-state index is 14.4. The highest BCUT2D eigenvalue weighted by atomic mass is 79.9. The number of aromatic nitrogens is 2. The van der Waals surface area contributed by atoms with E-state index in [0.29, 0.717) is 29.9 Å². The van der Waals surface area contributed by atoms with E-state index in [1.54, 1.807) is 22.3 Å². The van der Waals surface area contributed by atoms with Gasteiger partial charge >= 0.3 is 0 Å². The topological polar surface area (TPSA) is 107 Å². The van der Waals surface area contributed by atoms with E-state index in [2.05, 4.69) is 77.4 Å². The van der Waals surface area contributed by atoms with Gasteiger partial charge in [0.2, 0.25) is 11.8 Å². The lowest BCUT2D eigenvalue weighted by Gasteiger charge is -2.38. The number of nitrogens with one attached hydrogen (secondary N) is 1. The zero-order chi connectivity index (χ0) is 34.0. The molecule has 5 atom stereocenters. The first-order valence-electron chi connectivity index (χ1n) is 16.0. The minimum atomic E-state index is -2.17. The third-order valence-corrected chi connectivity index (χ3v) is 15.6. The molecule has 1 N–H and O–H groups in total. The first-order valence-corrected chi connectivity index (χ1v) is 20.9. The number of aryl methyl sites for hydroxylation is 1. The maximum Gasteiger partial charge on any atom is 0.254 e. The largest absolute Gasteiger partial charge is 0.472 e. The fraction of sp³-hybridized carbons (Fsp3) is 0.588. The highest BCUT2D eigenvalue weighted by molar-refractivity contribution is 9.09. The first-order chi connectivity index (χ1) is 21.5. The summed E-state index contributed by atoms with van der Waals surface area (Å²) in [5.41, 5.74) is 4.93. The van der Waals surface area contributed by atoms with Crippen LogP contribution < -0.4 is 10.1 Å². The van der Waals surface area contributed by atoms with E-state index in [4.69, 9.17) is 13.7 Å². The van der Waals surface area contributed by atoms with Crippen molar-refractivity contribution in [2.45, 2.75) is 110 Å². The van der Waals surface area contributed by atoms with Crippen molar-refractivity contribution in [2.75, 3.05) is 11.9 Å². The number of alkyl halides is 1. The molecule has 0 aliphatic carbocycles. The number of ether oxygens (including phenoxy) is 1. The number of hydrogen-bond acceptors (Lipinski definition) is 8. The summed E-state index contributed by atoms with van der Waals surface area (Å²) in [6.07, 6.45) is 0.0683. The monoisotopic (exact) mass is 732 g/mol. The summed E-state index contributed by atoms with van der Waals surface area (Å²) in [5, 5.41) is 7.89. The van der Waals surface area contributed by atoms with Crippen molar-refractivity contribution >= 4 is 47.4 Å². The van der Waals surface area contributed by atoms with E-state index >= 15 is 0 Å². The number of rotatable bonds is 12. The van der Waals surface area contributed by atoms with E-state index < -0.39 is 20.3 Å². The molecule has 1 aromatic carbocycles. The molecule has 1 unspecified atom stereocenters. The minimum absolute atomic E-state index is 0.0104. The minimum Gasteiger partial charge on any atom is -0.472 e. The predicted octanol–water partition coefficient (Wildman–Crippen LogP) is 7.88. The Balaban J connectivity index is 1.57. The molecule has 9 nitrogen and oxygen atoms in total. The van der Waals surface area contributed by atoms with Crippen molar-refractivity contribution in [3.63, 3.8) is 0 Å². The Kier molecular flexibility index (Phi) is 11.6. The van der Waals surface area contributed by atoms with Crippen LogP contribution in [-0.2, 0) is 14.0 Å². The zero-order valence-corrected chi connectivity index (χ0v) is 32.1. The van der Waals surface area contributed by atoms with Crippen molar-refractivity contribution in [1.29, 1.82) is 0 Å². The Morgan fingerprint density at radius 1 is 1.17 bits per heavy atom. The van der Waals surface area contributed by atoms with Gasteiger partial charge in [-0.25, -0.2) is 4.98 Å². The lowest BCUT2D eigenvalue weighted by molar-refractivity contribution is -0.141. The van der Waals surface area contributed by atoms with Crippen LogP contribution in [0.15, 0.2) is 40.4 Å². The summed E-state index contributed by atoms with van der Waals surface area (Å²) in [7, 11) is -2.17. The second-order valence-corrected chi connectivity index (χ2v) is 20.5. The number of carbonyl (C=O) groups is 2. The van der Waals surface area contributed by atoms with Crippen LogP contribution in [0.1, 0.15) is 83.9 Å². The van der Waals surface area contributed by atoms with Crippen molar-refractivity contribution in [3.8, 4) is 16.3 Å². The Morgan fingerprint density at radius 2 is 1.85 bits per heavy atom. The van der Waals surface area contributed by atoms with Crippen molar-refractivity contribution in [2.24, 2.45) is 5.92 Å². The fourth-order valence-electron chi connectivity index (χ4n) is 5.49. The Morgan fingerprint density at radius 3 is 2.41 bits per heavy atom. The van der Waals surface area contributed by atoms with E-state index in [9.17, 15) is 9.59 Å². The Hall–Kier alpha value is -2.54. The second-order valence-electron chi connectivity index (χ2n) is 14.2. The van der Waals surface area contributed by atoms with Gasteiger partial charge in [-0.3, -0.25) is 9.59 Å².